The molecule has 1 aromatic heterocycles. The lowest BCUT2D eigenvalue weighted by atomic mass is 9.88. The quantitative estimate of drug-likeness (QED) is 0.722. The van der Waals surface area contributed by atoms with Crippen molar-refractivity contribution in [3.63, 3.8) is 0 Å². The van der Waals surface area contributed by atoms with E-state index in [-0.39, 0.29) is 12.2 Å². The SMILES string of the molecule is O=C(C[C@@]1(O)C(=O)Nc2ccccc21)c1ccc(-n2cccc2)cc1. The van der Waals surface area contributed by atoms with E-state index >= 15 is 0 Å². The highest BCUT2D eigenvalue weighted by molar-refractivity contribution is 6.09. The third-order valence-corrected chi connectivity index (χ3v) is 4.50. The molecular formula is C20H16N2O3. The summed E-state index contributed by atoms with van der Waals surface area (Å²) in [4.78, 5) is 24.8. The summed E-state index contributed by atoms with van der Waals surface area (Å²) in [6, 6.07) is 17.8. The third kappa shape index (κ3) is 2.55. The molecule has 2 heterocycles. The van der Waals surface area contributed by atoms with Gasteiger partial charge in [0.15, 0.2) is 11.4 Å². The molecule has 3 aromatic rings. The van der Waals surface area contributed by atoms with Gasteiger partial charge in [0, 0.05) is 34.9 Å². The summed E-state index contributed by atoms with van der Waals surface area (Å²) in [6.07, 6.45) is 3.54. The number of nitrogens with zero attached hydrogens (tertiary/aromatic N) is 1. The van der Waals surface area contributed by atoms with E-state index in [1.54, 1.807) is 36.4 Å². The number of anilines is 1. The monoisotopic (exact) mass is 332 g/mol. The minimum absolute atomic E-state index is 0.284. The summed E-state index contributed by atoms with van der Waals surface area (Å²) in [7, 11) is 0. The number of benzene rings is 2. The van der Waals surface area contributed by atoms with Gasteiger partial charge in [0.2, 0.25) is 0 Å². The summed E-state index contributed by atoms with van der Waals surface area (Å²) < 4.78 is 1.93. The number of ketones is 1. The predicted molar refractivity (Wildman–Crippen MR) is 93.7 cm³/mol. The summed E-state index contributed by atoms with van der Waals surface area (Å²) in [5.41, 5.74) is 0.557. The Morgan fingerprint density at radius 1 is 1.00 bits per heavy atom. The van der Waals surface area contributed by atoms with E-state index in [9.17, 15) is 14.7 Å². The van der Waals surface area contributed by atoms with Crippen molar-refractivity contribution in [2.24, 2.45) is 0 Å². The largest absolute Gasteiger partial charge is 0.375 e. The number of aliphatic hydroxyl groups is 1. The van der Waals surface area contributed by atoms with Crippen LogP contribution in [-0.4, -0.2) is 21.4 Å². The molecule has 2 N–H and O–H groups in total. The smallest absolute Gasteiger partial charge is 0.261 e. The molecule has 1 aliphatic heterocycles. The highest BCUT2D eigenvalue weighted by Crippen LogP contribution is 2.38. The lowest BCUT2D eigenvalue weighted by Crippen LogP contribution is -2.36. The van der Waals surface area contributed by atoms with Gasteiger partial charge in [-0.15, -0.1) is 0 Å². The Morgan fingerprint density at radius 3 is 2.40 bits per heavy atom. The molecule has 25 heavy (non-hydrogen) atoms. The van der Waals surface area contributed by atoms with Crippen LogP contribution in [0.4, 0.5) is 5.69 Å². The van der Waals surface area contributed by atoms with E-state index < -0.39 is 11.5 Å². The number of Topliss-reactive ketones (excluding diaryl/α,β-unsaturated/α-hetero) is 1. The van der Waals surface area contributed by atoms with Gasteiger partial charge in [-0.3, -0.25) is 9.59 Å². The number of amides is 1. The second kappa shape index (κ2) is 5.72. The summed E-state index contributed by atoms with van der Waals surface area (Å²) in [6.45, 7) is 0. The Balaban J connectivity index is 1.59. The molecule has 5 nitrogen and oxygen atoms in total. The van der Waals surface area contributed by atoms with Gasteiger partial charge in [-0.2, -0.15) is 0 Å². The Kier molecular flexibility index (Phi) is 3.51. The van der Waals surface area contributed by atoms with Gasteiger partial charge in [-0.1, -0.05) is 18.2 Å². The maximum atomic E-state index is 12.6. The minimum Gasteiger partial charge on any atom is -0.375 e. The molecule has 124 valence electrons. The second-order valence-corrected chi connectivity index (χ2v) is 6.10. The number of carbonyl (C=O) groups excluding carboxylic acids is 2. The Morgan fingerprint density at radius 2 is 1.68 bits per heavy atom. The fourth-order valence-corrected chi connectivity index (χ4v) is 3.14. The molecule has 0 fully saturated rings. The number of carbonyl (C=O) groups is 2. The molecular weight excluding hydrogens is 316 g/mol. The Labute approximate surface area is 144 Å². The first-order valence-corrected chi connectivity index (χ1v) is 7.98. The lowest BCUT2D eigenvalue weighted by molar-refractivity contribution is -0.133. The fourth-order valence-electron chi connectivity index (χ4n) is 3.14. The second-order valence-electron chi connectivity index (χ2n) is 6.10. The van der Waals surface area contributed by atoms with Crippen LogP contribution in [0.25, 0.3) is 5.69 Å². The molecule has 0 bridgehead atoms. The van der Waals surface area contributed by atoms with Crippen molar-refractivity contribution in [2.45, 2.75) is 12.0 Å². The van der Waals surface area contributed by atoms with Gasteiger partial charge in [-0.25, -0.2) is 0 Å². The maximum Gasteiger partial charge on any atom is 0.261 e. The summed E-state index contributed by atoms with van der Waals surface area (Å²) in [5, 5.41) is 13.4. The van der Waals surface area contributed by atoms with Crippen LogP contribution >= 0.6 is 0 Å². The molecule has 0 saturated heterocycles. The van der Waals surface area contributed by atoms with Gasteiger partial charge in [-0.05, 0) is 42.5 Å². The number of fused-ring (bicyclic) bond motifs is 1. The molecule has 1 aliphatic rings. The number of aromatic nitrogens is 1. The van der Waals surface area contributed by atoms with Crippen LogP contribution < -0.4 is 5.32 Å². The van der Waals surface area contributed by atoms with E-state index in [1.165, 1.54) is 0 Å². The molecule has 2 aromatic carbocycles. The summed E-state index contributed by atoms with van der Waals surface area (Å²) >= 11 is 0. The predicted octanol–water partition coefficient (Wildman–Crippen LogP) is 2.89. The van der Waals surface area contributed by atoms with Gasteiger partial charge in [0.25, 0.3) is 5.91 Å². The number of rotatable bonds is 4. The first-order chi connectivity index (χ1) is 12.1. The normalized spacial score (nSPS) is 18.7. The van der Waals surface area contributed by atoms with E-state index in [2.05, 4.69) is 5.32 Å². The van der Waals surface area contributed by atoms with Crippen molar-refractivity contribution in [3.8, 4) is 5.69 Å². The molecule has 1 atom stereocenters. The zero-order valence-electron chi connectivity index (χ0n) is 13.3. The lowest BCUT2D eigenvalue weighted by Gasteiger charge is -2.20. The van der Waals surface area contributed by atoms with Crippen LogP contribution in [0.2, 0.25) is 0 Å². The molecule has 5 heteroatoms. The molecule has 0 radical (unpaired) electrons. The van der Waals surface area contributed by atoms with Crippen molar-refractivity contribution in [3.05, 3.63) is 84.2 Å². The topological polar surface area (TPSA) is 71.3 Å². The molecule has 4 rings (SSSR count). The first kappa shape index (κ1) is 15.4. The van der Waals surface area contributed by atoms with Crippen LogP contribution in [0.1, 0.15) is 22.3 Å². The third-order valence-electron chi connectivity index (χ3n) is 4.50. The zero-order chi connectivity index (χ0) is 17.4. The number of para-hydroxylation sites is 1. The van der Waals surface area contributed by atoms with E-state index in [4.69, 9.17) is 0 Å². The highest BCUT2D eigenvalue weighted by Gasteiger charge is 2.46. The number of nitrogens with one attached hydrogen (secondary N) is 1. The van der Waals surface area contributed by atoms with E-state index in [0.29, 0.717) is 16.8 Å². The van der Waals surface area contributed by atoms with Crippen LogP contribution in [0.3, 0.4) is 0 Å². The molecule has 0 saturated carbocycles. The van der Waals surface area contributed by atoms with Crippen LogP contribution in [0, 0.1) is 0 Å². The van der Waals surface area contributed by atoms with Crippen molar-refractivity contribution in [1.82, 2.24) is 4.57 Å². The van der Waals surface area contributed by atoms with E-state index in [1.807, 2.05) is 41.2 Å². The van der Waals surface area contributed by atoms with Crippen molar-refractivity contribution in [1.29, 1.82) is 0 Å². The van der Waals surface area contributed by atoms with Crippen LogP contribution in [0.15, 0.2) is 73.1 Å². The highest BCUT2D eigenvalue weighted by atomic mass is 16.3. The zero-order valence-corrected chi connectivity index (χ0v) is 13.3. The number of hydrogen-bond acceptors (Lipinski definition) is 3. The molecule has 0 unspecified atom stereocenters. The van der Waals surface area contributed by atoms with Gasteiger partial charge < -0.3 is 15.0 Å². The first-order valence-electron chi connectivity index (χ1n) is 7.98. The van der Waals surface area contributed by atoms with E-state index in [0.717, 1.165) is 5.69 Å². The Hall–Kier alpha value is -3.18. The maximum absolute atomic E-state index is 12.6. The van der Waals surface area contributed by atoms with Crippen molar-refractivity contribution < 1.29 is 14.7 Å². The fraction of sp³-hybridized carbons (Fsp3) is 0.100. The molecule has 1 amide bonds. The van der Waals surface area contributed by atoms with Crippen LogP contribution in [0.5, 0.6) is 0 Å². The minimum atomic E-state index is -1.83. The van der Waals surface area contributed by atoms with Crippen molar-refractivity contribution in [2.75, 3.05) is 5.32 Å². The molecule has 0 spiro atoms. The van der Waals surface area contributed by atoms with Crippen molar-refractivity contribution >= 4 is 17.4 Å². The average molecular weight is 332 g/mol. The van der Waals surface area contributed by atoms with Gasteiger partial charge in [0.1, 0.15) is 0 Å². The van der Waals surface area contributed by atoms with Gasteiger partial charge >= 0.3 is 0 Å². The standard InChI is InChI=1S/C20H16N2O3/c23-18(14-7-9-15(10-8-14)22-11-3-4-12-22)13-20(25)16-5-1-2-6-17(16)21-19(20)24/h1-12,25H,13H2,(H,21,24)/t20-/m0/s1. The number of hydrogen-bond donors (Lipinski definition) is 2. The van der Waals surface area contributed by atoms with Crippen LogP contribution in [-0.2, 0) is 10.4 Å². The molecule has 0 aliphatic carbocycles. The summed E-state index contributed by atoms with van der Waals surface area (Å²) in [5.74, 6) is -0.848. The Bertz CT molecular complexity index is 945. The average Bonchev–Trinajstić information content (AvgIpc) is 3.24. The van der Waals surface area contributed by atoms with Gasteiger partial charge in [0.05, 0.1) is 6.42 Å².